The minimum Gasteiger partial charge on any atom is -0.266 e. The zero-order valence-corrected chi connectivity index (χ0v) is 13.9. The Labute approximate surface area is 138 Å². The van der Waals surface area contributed by atoms with E-state index < -0.39 is 0 Å². The summed E-state index contributed by atoms with van der Waals surface area (Å²) >= 11 is 1.41. The molecule has 0 spiro atoms. The molecule has 0 saturated carbocycles. The topological polar surface area (TPSA) is 71.6 Å². The van der Waals surface area contributed by atoms with E-state index >= 15 is 0 Å². The monoisotopic (exact) mass is 324 g/mol. The Balaban J connectivity index is 2.14. The Morgan fingerprint density at radius 2 is 2.00 bits per heavy atom. The first-order valence-corrected chi connectivity index (χ1v) is 8.33. The van der Waals surface area contributed by atoms with Crippen molar-refractivity contribution in [3.05, 3.63) is 57.1 Å². The molecule has 0 N–H and O–H groups in total. The average molecular weight is 324 g/mol. The summed E-state index contributed by atoms with van der Waals surface area (Å²) in [5, 5.41) is 14.9. The molecule has 5 nitrogen and oxygen atoms in total. The molecule has 6 heteroatoms. The fraction of sp³-hybridized carbons (Fsp3) is 0.294. The van der Waals surface area contributed by atoms with E-state index in [-0.39, 0.29) is 17.7 Å². The lowest BCUT2D eigenvalue weighted by Gasteiger charge is -2.11. The second-order valence-corrected chi connectivity index (χ2v) is 6.01. The van der Waals surface area contributed by atoms with Crippen LogP contribution in [0.4, 0.5) is 0 Å². The fourth-order valence-electron chi connectivity index (χ4n) is 2.74. The molecule has 0 radical (unpaired) electrons. The van der Waals surface area contributed by atoms with Crippen molar-refractivity contribution in [1.29, 1.82) is 5.26 Å². The highest BCUT2D eigenvalue weighted by Gasteiger charge is 2.16. The van der Waals surface area contributed by atoms with Crippen molar-refractivity contribution in [2.24, 2.45) is 0 Å². The zero-order valence-electron chi connectivity index (χ0n) is 13.0. The molecular weight excluding hydrogens is 308 g/mol. The zero-order chi connectivity index (χ0) is 16.4. The predicted octanol–water partition coefficient (Wildman–Crippen LogP) is 2.90. The molecule has 0 aliphatic heterocycles. The summed E-state index contributed by atoms with van der Waals surface area (Å²) in [7, 11) is 0. The Hall–Kier alpha value is -2.52. The summed E-state index contributed by atoms with van der Waals surface area (Å²) in [6.45, 7) is 4.21. The number of fused-ring (bicyclic) bond motifs is 1. The van der Waals surface area contributed by atoms with Crippen molar-refractivity contribution >= 4 is 21.6 Å². The second kappa shape index (κ2) is 6.31. The van der Waals surface area contributed by atoms with Crippen molar-refractivity contribution in [3.8, 4) is 6.07 Å². The van der Waals surface area contributed by atoms with Gasteiger partial charge in [0.05, 0.1) is 22.6 Å². The third-order valence-corrected chi connectivity index (χ3v) is 4.76. The average Bonchev–Trinajstić information content (AvgIpc) is 2.99. The maximum absolute atomic E-state index is 12.6. The third-order valence-electron chi connectivity index (χ3n) is 3.89. The van der Waals surface area contributed by atoms with Crippen molar-refractivity contribution in [2.45, 2.75) is 33.2 Å². The maximum atomic E-state index is 12.6. The SMILES string of the molecule is CCc1nn(Cc2nsc3ccccc23)c(=O)c(C#N)c1CC. The van der Waals surface area contributed by atoms with Gasteiger partial charge in [0.1, 0.15) is 11.6 Å². The molecule has 2 aromatic heterocycles. The molecule has 0 saturated heterocycles. The summed E-state index contributed by atoms with van der Waals surface area (Å²) in [5.74, 6) is 0. The molecule has 23 heavy (non-hydrogen) atoms. The summed E-state index contributed by atoms with van der Waals surface area (Å²) < 4.78 is 6.90. The molecule has 0 amide bonds. The molecule has 0 bridgehead atoms. The first-order chi connectivity index (χ1) is 11.2. The van der Waals surface area contributed by atoms with Gasteiger partial charge in [-0.15, -0.1) is 0 Å². The van der Waals surface area contributed by atoms with Crippen molar-refractivity contribution < 1.29 is 0 Å². The van der Waals surface area contributed by atoms with Gasteiger partial charge in [-0.3, -0.25) is 4.79 Å². The smallest absolute Gasteiger partial charge is 0.266 e. The maximum Gasteiger partial charge on any atom is 0.285 e. The molecular formula is C17H16N4OS. The fourth-order valence-corrected chi connectivity index (χ4v) is 3.52. The van der Waals surface area contributed by atoms with Gasteiger partial charge in [-0.25, -0.2) is 4.68 Å². The van der Waals surface area contributed by atoms with Gasteiger partial charge in [-0.2, -0.15) is 14.7 Å². The molecule has 0 fully saturated rings. The van der Waals surface area contributed by atoms with Crippen LogP contribution in [0.15, 0.2) is 29.1 Å². The lowest BCUT2D eigenvalue weighted by atomic mass is 10.0. The highest BCUT2D eigenvalue weighted by atomic mass is 32.1. The largest absolute Gasteiger partial charge is 0.285 e. The van der Waals surface area contributed by atoms with Crippen LogP contribution in [0.25, 0.3) is 10.1 Å². The van der Waals surface area contributed by atoms with Crippen molar-refractivity contribution in [1.82, 2.24) is 14.2 Å². The number of hydrogen-bond acceptors (Lipinski definition) is 5. The van der Waals surface area contributed by atoms with E-state index in [0.29, 0.717) is 12.8 Å². The van der Waals surface area contributed by atoms with Gasteiger partial charge in [-0.05, 0) is 36.0 Å². The Morgan fingerprint density at radius 1 is 1.22 bits per heavy atom. The summed E-state index contributed by atoms with van der Waals surface area (Å²) in [4.78, 5) is 12.6. The Kier molecular flexibility index (Phi) is 4.22. The van der Waals surface area contributed by atoms with Gasteiger partial charge in [0.15, 0.2) is 0 Å². The Bertz CT molecular complexity index is 965. The molecule has 3 rings (SSSR count). The summed E-state index contributed by atoms with van der Waals surface area (Å²) in [6, 6.07) is 9.97. The minimum atomic E-state index is -0.335. The van der Waals surface area contributed by atoms with Gasteiger partial charge in [0.25, 0.3) is 5.56 Å². The van der Waals surface area contributed by atoms with E-state index in [2.05, 4.69) is 15.5 Å². The van der Waals surface area contributed by atoms with Crippen LogP contribution in [0.5, 0.6) is 0 Å². The second-order valence-electron chi connectivity index (χ2n) is 5.21. The van der Waals surface area contributed by atoms with E-state index in [4.69, 9.17) is 0 Å². The van der Waals surface area contributed by atoms with Gasteiger partial charge >= 0.3 is 0 Å². The molecule has 1 aromatic carbocycles. The van der Waals surface area contributed by atoms with E-state index in [9.17, 15) is 10.1 Å². The number of hydrogen-bond donors (Lipinski definition) is 0. The third kappa shape index (κ3) is 2.64. The standard InChI is InChI=1S/C17H16N4OS/c1-3-11-13(9-18)17(22)21(19-14(11)4-2)10-15-12-7-5-6-8-16(12)23-20-15/h5-8H,3-4,10H2,1-2H3. The molecule has 0 atom stereocenters. The van der Waals surface area contributed by atoms with E-state index in [1.165, 1.54) is 16.2 Å². The van der Waals surface area contributed by atoms with Crippen LogP contribution in [-0.4, -0.2) is 14.2 Å². The van der Waals surface area contributed by atoms with Crippen LogP contribution in [-0.2, 0) is 19.4 Å². The normalized spacial score (nSPS) is 10.8. The van der Waals surface area contributed by atoms with Crippen LogP contribution >= 0.6 is 11.5 Å². The van der Waals surface area contributed by atoms with Crippen LogP contribution in [0.3, 0.4) is 0 Å². The quantitative estimate of drug-likeness (QED) is 0.740. The van der Waals surface area contributed by atoms with E-state index in [0.717, 1.165) is 27.0 Å². The summed E-state index contributed by atoms with van der Waals surface area (Å²) in [6.07, 6.45) is 1.32. The Morgan fingerprint density at radius 3 is 2.70 bits per heavy atom. The van der Waals surface area contributed by atoms with Gasteiger partial charge < -0.3 is 0 Å². The predicted molar refractivity (Wildman–Crippen MR) is 90.7 cm³/mol. The van der Waals surface area contributed by atoms with Gasteiger partial charge in [0, 0.05) is 5.39 Å². The van der Waals surface area contributed by atoms with E-state index in [1.54, 1.807) is 0 Å². The highest BCUT2D eigenvalue weighted by Crippen LogP contribution is 2.22. The molecule has 116 valence electrons. The first kappa shape index (κ1) is 15.4. The van der Waals surface area contributed by atoms with Gasteiger partial charge in [-0.1, -0.05) is 32.0 Å². The lowest BCUT2D eigenvalue weighted by molar-refractivity contribution is 0.608. The molecule has 0 unspecified atom stereocenters. The van der Waals surface area contributed by atoms with Crippen LogP contribution in [0, 0.1) is 11.3 Å². The number of benzene rings is 1. The van der Waals surface area contributed by atoms with Crippen molar-refractivity contribution in [2.75, 3.05) is 0 Å². The number of aromatic nitrogens is 3. The lowest BCUT2D eigenvalue weighted by Crippen LogP contribution is -2.29. The summed E-state index contributed by atoms with van der Waals surface area (Å²) in [5.41, 5.74) is 2.26. The molecule has 2 heterocycles. The highest BCUT2D eigenvalue weighted by molar-refractivity contribution is 7.13. The van der Waals surface area contributed by atoms with Crippen LogP contribution < -0.4 is 5.56 Å². The molecule has 0 aliphatic rings. The molecule has 0 aliphatic carbocycles. The number of aryl methyl sites for hydroxylation is 1. The molecule has 3 aromatic rings. The number of nitrogens with zero attached hydrogens (tertiary/aromatic N) is 4. The van der Waals surface area contributed by atoms with Crippen molar-refractivity contribution in [3.63, 3.8) is 0 Å². The van der Waals surface area contributed by atoms with Gasteiger partial charge in [0.2, 0.25) is 0 Å². The number of rotatable bonds is 4. The number of nitriles is 1. The first-order valence-electron chi connectivity index (χ1n) is 7.55. The van der Waals surface area contributed by atoms with E-state index in [1.807, 2.05) is 38.1 Å². The van der Waals surface area contributed by atoms with Crippen LogP contribution in [0.1, 0.15) is 36.4 Å². The van der Waals surface area contributed by atoms with Crippen LogP contribution in [0.2, 0.25) is 0 Å². The minimum absolute atomic E-state index is 0.207.